The van der Waals surface area contributed by atoms with Crippen molar-refractivity contribution in [1.29, 1.82) is 0 Å². The summed E-state index contributed by atoms with van der Waals surface area (Å²) >= 11 is 0. The predicted molar refractivity (Wildman–Crippen MR) is 76.1 cm³/mol. The van der Waals surface area contributed by atoms with Crippen LogP contribution in [0.1, 0.15) is 26.2 Å². The first-order valence-electron chi connectivity index (χ1n) is 6.98. The molecule has 18 heavy (non-hydrogen) atoms. The lowest BCUT2D eigenvalue weighted by Crippen LogP contribution is -2.49. The van der Waals surface area contributed by atoms with Gasteiger partial charge in [-0.15, -0.1) is 0 Å². The van der Waals surface area contributed by atoms with E-state index >= 15 is 0 Å². The fraction of sp³-hybridized carbons (Fsp3) is 0.923. The van der Waals surface area contributed by atoms with Crippen LogP contribution in [0.4, 0.5) is 0 Å². The first kappa shape index (κ1) is 15.2. The number of guanidine groups is 1. The summed E-state index contributed by atoms with van der Waals surface area (Å²) in [7, 11) is 3.52. The van der Waals surface area contributed by atoms with Crippen LogP contribution in [0.2, 0.25) is 0 Å². The molecule has 0 radical (unpaired) electrons. The second-order valence-electron chi connectivity index (χ2n) is 4.75. The van der Waals surface area contributed by atoms with E-state index in [0.717, 1.165) is 12.5 Å². The first-order chi connectivity index (χ1) is 8.80. The number of nitrogens with one attached hydrogen (secondary N) is 2. The molecule has 106 valence electrons. The second-order valence-corrected chi connectivity index (χ2v) is 4.75. The van der Waals surface area contributed by atoms with Crippen molar-refractivity contribution in [3.05, 3.63) is 0 Å². The van der Waals surface area contributed by atoms with Gasteiger partial charge in [0.05, 0.1) is 6.61 Å². The number of hydrogen-bond donors (Lipinski definition) is 2. The topological polar surface area (TPSA) is 48.9 Å². The molecular weight excluding hydrogens is 228 g/mol. The van der Waals surface area contributed by atoms with E-state index in [1.165, 1.54) is 38.9 Å². The number of hydrogen-bond acceptors (Lipinski definition) is 3. The maximum absolute atomic E-state index is 5.02. The van der Waals surface area contributed by atoms with Crippen molar-refractivity contribution >= 4 is 5.96 Å². The minimum Gasteiger partial charge on any atom is -0.383 e. The zero-order valence-electron chi connectivity index (χ0n) is 12.0. The molecule has 1 rings (SSSR count). The quantitative estimate of drug-likeness (QED) is 0.417. The van der Waals surface area contributed by atoms with E-state index in [1.54, 1.807) is 7.11 Å². The molecule has 1 aliphatic rings. The highest BCUT2D eigenvalue weighted by molar-refractivity contribution is 5.79. The summed E-state index contributed by atoms with van der Waals surface area (Å²) in [5.74, 6) is 0.890. The Morgan fingerprint density at radius 2 is 2.11 bits per heavy atom. The Hall–Kier alpha value is -0.810. The van der Waals surface area contributed by atoms with Crippen LogP contribution in [0.5, 0.6) is 0 Å². The van der Waals surface area contributed by atoms with E-state index in [9.17, 15) is 0 Å². The summed E-state index contributed by atoms with van der Waals surface area (Å²) in [6, 6.07) is 0.548. The van der Waals surface area contributed by atoms with Crippen molar-refractivity contribution in [3.8, 4) is 0 Å². The molecule has 1 aliphatic heterocycles. The molecule has 0 amide bonds. The third-order valence-electron chi connectivity index (χ3n) is 3.29. The van der Waals surface area contributed by atoms with Crippen LogP contribution in [0.3, 0.4) is 0 Å². The van der Waals surface area contributed by atoms with Gasteiger partial charge in [-0.3, -0.25) is 4.99 Å². The van der Waals surface area contributed by atoms with Crippen LogP contribution < -0.4 is 10.6 Å². The van der Waals surface area contributed by atoms with Crippen LogP contribution in [0, 0.1) is 0 Å². The third-order valence-corrected chi connectivity index (χ3v) is 3.29. The molecule has 0 unspecified atom stereocenters. The summed E-state index contributed by atoms with van der Waals surface area (Å²) in [5, 5.41) is 6.74. The number of likely N-dealkylation sites (tertiary alicyclic amines) is 1. The maximum Gasteiger partial charge on any atom is 0.191 e. The lowest BCUT2D eigenvalue weighted by atomic mass is 10.1. The van der Waals surface area contributed by atoms with Crippen LogP contribution in [-0.4, -0.2) is 63.8 Å². The highest BCUT2D eigenvalue weighted by Gasteiger charge is 2.18. The van der Waals surface area contributed by atoms with Gasteiger partial charge in [-0.2, -0.15) is 0 Å². The van der Waals surface area contributed by atoms with Gasteiger partial charge in [0, 0.05) is 39.8 Å². The standard InChI is InChI=1S/C13H28N4O/c1-4-8-17-9-5-12(6-10-17)16-13(14-2)15-7-11-18-3/h12H,4-11H2,1-3H3,(H2,14,15,16). The Balaban J connectivity index is 2.21. The van der Waals surface area contributed by atoms with E-state index in [2.05, 4.69) is 27.4 Å². The average molecular weight is 256 g/mol. The lowest BCUT2D eigenvalue weighted by Gasteiger charge is -2.32. The van der Waals surface area contributed by atoms with Gasteiger partial charge in [-0.25, -0.2) is 0 Å². The summed E-state index contributed by atoms with van der Waals surface area (Å²) < 4.78 is 5.02. The average Bonchev–Trinajstić information content (AvgIpc) is 2.40. The molecule has 0 bridgehead atoms. The highest BCUT2D eigenvalue weighted by Crippen LogP contribution is 2.10. The number of aliphatic imine (C=N–C) groups is 1. The van der Waals surface area contributed by atoms with Crippen molar-refractivity contribution in [2.75, 3.05) is 46.9 Å². The van der Waals surface area contributed by atoms with Gasteiger partial charge in [0.15, 0.2) is 5.96 Å². The molecule has 0 aliphatic carbocycles. The van der Waals surface area contributed by atoms with E-state index in [0.29, 0.717) is 12.6 Å². The predicted octanol–water partition coefficient (Wildman–Crippen LogP) is 0.672. The number of rotatable bonds is 6. The monoisotopic (exact) mass is 256 g/mol. The van der Waals surface area contributed by atoms with Gasteiger partial charge in [0.25, 0.3) is 0 Å². The molecule has 0 aromatic heterocycles. The van der Waals surface area contributed by atoms with E-state index in [-0.39, 0.29) is 0 Å². The van der Waals surface area contributed by atoms with Gasteiger partial charge in [-0.05, 0) is 25.8 Å². The molecular formula is C13H28N4O. The Morgan fingerprint density at radius 3 is 2.67 bits per heavy atom. The minimum atomic E-state index is 0.548. The van der Waals surface area contributed by atoms with Gasteiger partial charge in [-0.1, -0.05) is 6.92 Å². The largest absolute Gasteiger partial charge is 0.383 e. The van der Waals surface area contributed by atoms with Gasteiger partial charge in [0.1, 0.15) is 0 Å². The Morgan fingerprint density at radius 1 is 1.39 bits per heavy atom. The minimum absolute atomic E-state index is 0.548. The second kappa shape index (κ2) is 9.16. The van der Waals surface area contributed by atoms with Crippen molar-refractivity contribution in [3.63, 3.8) is 0 Å². The molecule has 0 atom stereocenters. The SMILES string of the molecule is CCCN1CCC(NC(=NC)NCCOC)CC1. The number of piperidine rings is 1. The molecule has 2 N–H and O–H groups in total. The maximum atomic E-state index is 5.02. The molecule has 0 saturated carbocycles. The Labute approximate surface area is 111 Å². The summed E-state index contributed by atoms with van der Waals surface area (Å²) in [4.78, 5) is 6.78. The Kier molecular flexibility index (Phi) is 7.76. The van der Waals surface area contributed by atoms with E-state index in [1.807, 2.05) is 7.05 Å². The molecule has 1 saturated heterocycles. The molecule has 0 aromatic carbocycles. The summed E-state index contributed by atoms with van der Waals surface area (Å²) in [6.45, 7) is 7.36. The third kappa shape index (κ3) is 5.69. The first-order valence-corrected chi connectivity index (χ1v) is 6.98. The van der Waals surface area contributed by atoms with Gasteiger partial charge < -0.3 is 20.3 Å². The van der Waals surface area contributed by atoms with Crippen molar-refractivity contribution in [1.82, 2.24) is 15.5 Å². The zero-order valence-corrected chi connectivity index (χ0v) is 12.0. The molecule has 0 spiro atoms. The van der Waals surface area contributed by atoms with Crippen LogP contribution in [0.25, 0.3) is 0 Å². The number of ether oxygens (including phenoxy) is 1. The van der Waals surface area contributed by atoms with Gasteiger partial charge in [0.2, 0.25) is 0 Å². The van der Waals surface area contributed by atoms with E-state index < -0.39 is 0 Å². The molecule has 1 fully saturated rings. The van der Waals surface area contributed by atoms with Crippen molar-refractivity contribution in [2.45, 2.75) is 32.2 Å². The number of methoxy groups -OCH3 is 1. The van der Waals surface area contributed by atoms with Crippen molar-refractivity contribution in [2.24, 2.45) is 4.99 Å². The van der Waals surface area contributed by atoms with Crippen LogP contribution in [-0.2, 0) is 4.74 Å². The fourth-order valence-corrected chi connectivity index (χ4v) is 2.28. The van der Waals surface area contributed by atoms with Crippen LogP contribution >= 0.6 is 0 Å². The Bertz CT molecular complexity index is 237. The molecule has 1 heterocycles. The summed E-state index contributed by atoms with van der Waals surface area (Å²) in [5.41, 5.74) is 0. The van der Waals surface area contributed by atoms with Gasteiger partial charge >= 0.3 is 0 Å². The molecule has 5 nitrogen and oxygen atoms in total. The zero-order chi connectivity index (χ0) is 13.2. The molecule has 5 heteroatoms. The fourth-order valence-electron chi connectivity index (χ4n) is 2.28. The van der Waals surface area contributed by atoms with Crippen LogP contribution in [0.15, 0.2) is 4.99 Å². The smallest absolute Gasteiger partial charge is 0.191 e. The highest BCUT2D eigenvalue weighted by atomic mass is 16.5. The lowest BCUT2D eigenvalue weighted by molar-refractivity contribution is 0.200. The normalized spacial score (nSPS) is 18.9. The number of nitrogens with zero attached hydrogens (tertiary/aromatic N) is 2. The summed E-state index contributed by atoms with van der Waals surface area (Å²) in [6.07, 6.45) is 3.65. The van der Waals surface area contributed by atoms with Crippen molar-refractivity contribution < 1.29 is 4.74 Å². The van der Waals surface area contributed by atoms with E-state index in [4.69, 9.17) is 4.74 Å². The molecule has 0 aromatic rings.